The molecule has 0 aromatic carbocycles. The monoisotopic (exact) mass is 237 g/mol. The molecule has 0 aliphatic heterocycles. The lowest BCUT2D eigenvalue weighted by atomic mass is 10.0. The van der Waals surface area contributed by atoms with Gasteiger partial charge in [-0.05, 0) is 27.7 Å². The van der Waals surface area contributed by atoms with Crippen molar-refractivity contribution >= 4 is 17.5 Å². The van der Waals surface area contributed by atoms with Crippen LogP contribution in [-0.2, 0) is 4.79 Å². The highest BCUT2D eigenvalue weighted by atomic mass is 16.1. The second kappa shape index (κ2) is 4.99. The van der Waals surface area contributed by atoms with Gasteiger partial charge in [-0.25, -0.2) is 9.97 Å². The fourth-order valence-corrected chi connectivity index (χ4v) is 1.28. The van der Waals surface area contributed by atoms with Crippen LogP contribution >= 0.6 is 0 Å². The van der Waals surface area contributed by atoms with Gasteiger partial charge in [-0.15, -0.1) is 0 Å². The molecule has 0 radical (unpaired) electrons. The van der Waals surface area contributed by atoms with E-state index in [0.29, 0.717) is 5.82 Å². The molecule has 0 saturated heterocycles. The van der Waals surface area contributed by atoms with Gasteiger partial charge in [0.05, 0.1) is 0 Å². The van der Waals surface area contributed by atoms with Crippen LogP contribution in [0.2, 0.25) is 0 Å². The number of primary amides is 1. The lowest BCUT2D eigenvalue weighted by Crippen LogP contribution is -2.45. The van der Waals surface area contributed by atoms with Crippen molar-refractivity contribution in [3.63, 3.8) is 0 Å². The quantitative estimate of drug-likeness (QED) is 0.707. The summed E-state index contributed by atoms with van der Waals surface area (Å²) in [6, 6.07) is 0. The summed E-state index contributed by atoms with van der Waals surface area (Å²) in [4.78, 5) is 19.5. The van der Waals surface area contributed by atoms with Crippen LogP contribution in [0.15, 0.2) is 6.33 Å². The Morgan fingerprint density at radius 3 is 2.53 bits per heavy atom. The van der Waals surface area contributed by atoms with Gasteiger partial charge in [0, 0.05) is 12.1 Å². The molecule has 0 atom stereocenters. The third-order valence-corrected chi connectivity index (χ3v) is 2.48. The maximum absolute atomic E-state index is 11.2. The molecule has 0 unspecified atom stereocenters. The predicted molar refractivity (Wildman–Crippen MR) is 67.8 cm³/mol. The van der Waals surface area contributed by atoms with Crippen molar-refractivity contribution in [1.29, 1.82) is 0 Å². The van der Waals surface area contributed by atoms with Crippen LogP contribution < -0.4 is 16.4 Å². The van der Waals surface area contributed by atoms with Gasteiger partial charge in [-0.2, -0.15) is 0 Å². The number of hydrogen-bond acceptors (Lipinski definition) is 5. The molecule has 1 heterocycles. The summed E-state index contributed by atoms with van der Waals surface area (Å²) in [5.74, 6) is 0.936. The van der Waals surface area contributed by atoms with Gasteiger partial charge in [0.15, 0.2) is 0 Å². The molecule has 1 aromatic heterocycles. The minimum atomic E-state index is -0.845. The van der Waals surface area contributed by atoms with Crippen molar-refractivity contribution in [2.45, 2.75) is 33.2 Å². The number of hydrogen-bond donors (Lipinski definition) is 3. The number of carbonyl (C=O) groups excluding carboxylic acids is 1. The fraction of sp³-hybridized carbons (Fsp3) is 0.545. The lowest BCUT2D eigenvalue weighted by molar-refractivity contribution is -0.121. The first kappa shape index (κ1) is 13.2. The van der Waals surface area contributed by atoms with Gasteiger partial charge in [0.2, 0.25) is 5.91 Å². The zero-order chi connectivity index (χ0) is 13.1. The molecule has 17 heavy (non-hydrogen) atoms. The zero-order valence-electron chi connectivity index (χ0n) is 10.7. The topological polar surface area (TPSA) is 92.9 Å². The summed E-state index contributed by atoms with van der Waals surface area (Å²) in [5, 5.41) is 6.14. The standard InChI is InChI=1S/C11H19N5O/c1-5-13-8-7(2)9(15-6-14-8)16-11(3,4)10(12)17/h6H,5H2,1-4H3,(H2,12,17)(H2,13,14,15,16). The Morgan fingerprint density at radius 2 is 2.00 bits per heavy atom. The first-order valence-corrected chi connectivity index (χ1v) is 5.52. The molecule has 0 aliphatic rings. The van der Waals surface area contributed by atoms with Crippen molar-refractivity contribution in [2.24, 2.45) is 5.73 Å². The van der Waals surface area contributed by atoms with Crippen LogP contribution in [0.25, 0.3) is 0 Å². The van der Waals surface area contributed by atoms with E-state index in [2.05, 4.69) is 20.6 Å². The molecule has 1 aromatic rings. The van der Waals surface area contributed by atoms with E-state index < -0.39 is 11.4 Å². The van der Waals surface area contributed by atoms with Gasteiger partial charge < -0.3 is 16.4 Å². The number of anilines is 2. The summed E-state index contributed by atoms with van der Waals surface area (Å²) in [7, 11) is 0. The Kier molecular flexibility index (Phi) is 3.88. The highest BCUT2D eigenvalue weighted by Crippen LogP contribution is 2.21. The number of nitrogens with two attached hydrogens (primary N) is 1. The molecular weight excluding hydrogens is 218 g/mol. The molecule has 0 bridgehead atoms. The van der Waals surface area contributed by atoms with Crippen LogP contribution in [0, 0.1) is 6.92 Å². The van der Waals surface area contributed by atoms with Crippen molar-refractivity contribution in [1.82, 2.24) is 9.97 Å². The molecule has 1 rings (SSSR count). The summed E-state index contributed by atoms with van der Waals surface area (Å²) >= 11 is 0. The Hall–Kier alpha value is -1.85. The molecule has 0 spiro atoms. The Balaban J connectivity index is 2.99. The molecule has 1 amide bonds. The lowest BCUT2D eigenvalue weighted by Gasteiger charge is -2.24. The van der Waals surface area contributed by atoms with Crippen LogP contribution in [-0.4, -0.2) is 28.0 Å². The molecule has 0 fully saturated rings. The van der Waals surface area contributed by atoms with E-state index in [1.54, 1.807) is 13.8 Å². The minimum absolute atomic E-state index is 0.430. The second-order valence-corrected chi connectivity index (χ2v) is 4.34. The number of nitrogens with one attached hydrogen (secondary N) is 2. The average molecular weight is 237 g/mol. The average Bonchev–Trinajstić information content (AvgIpc) is 2.24. The van der Waals surface area contributed by atoms with Crippen LogP contribution in [0.1, 0.15) is 26.3 Å². The van der Waals surface area contributed by atoms with E-state index in [4.69, 9.17) is 5.73 Å². The summed E-state index contributed by atoms with van der Waals surface area (Å²) in [6.07, 6.45) is 1.45. The van der Waals surface area contributed by atoms with Gasteiger partial charge in [0.25, 0.3) is 0 Å². The first-order chi connectivity index (χ1) is 7.88. The molecule has 4 N–H and O–H groups in total. The van der Waals surface area contributed by atoms with Crippen molar-refractivity contribution in [2.75, 3.05) is 17.2 Å². The normalized spacial score (nSPS) is 11.1. The SMILES string of the molecule is CCNc1ncnc(NC(C)(C)C(N)=O)c1C. The summed E-state index contributed by atoms with van der Waals surface area (Å²) in [6.45, 7) is 8.07. The minimum Gasteiger partial charge on any atom is -0.370 e. The van der Waals surface area contributed by atoms with Gasteiger partial charge in [-0.1, -0.05) is 0 Å². The highest BCUT2D eigenvalue weighted by molar-refractivity contribution is 5.87. The van der Waals surface area contributed by atoms with Crippen molar-refractivity contribution in [3.8, 4) is 0 Å². The Morgan fingerprint density at radius 1 is 1.41 bits per heavy atom. The highest BCUT2D eigenvalue weighted by Gasteiger charge is 2.26. The largest absolute Gasteiger partial charge is 0.370 e. The van der Waals surface area contributed by atoms with Gasteiger partial charge in [0.1, 0.15) is 23.5 Å². The molecule has 6 heteroatoms. The third-order valence-electron chi connectivity index (χ3n) is 2.48. The van der Waals surface area contributed by atoms with E-state index in [0.717, 1.165) is 17.9 Å². The number of aromatic nitrogens is 2. The van der Waals surface area contributed by atoms with Gasteiger partial charge >= 0.3 is 0 Å². The van der Waals surface area contributed by atoms with E-state index >= 15 is 0 Å². The van der Waals surface area contributed by atoms with E-state index in [1.807, 2.05) is 13.8 Å². The maximum atomic E-state index is 11.2. The third kappa shape index (κ3) is 3.05. The van der Waals surface area contributed by atoms with E-state index in [9.17, 15) is 4.79 Å². The summed E-state index contributed by atoms with van der Waals surface area (Å²) < 4.78 is 0. The summed E-state index contributed by atoms with van der Waals surface area (Å²) in [5.41, 5.74) is 5.32. The zero-order valence-corrected chi connectivity index (χ0v) is 10.7. The number of amides is 1. The molecule has 0 saturated carbocycles. The van der Waals surface area contributed by atoms with E-state index in [1.165, 1.54) is 6.33 Å². The fourth-order valence-electron chi connectivity index (χ4n) is 1.28. The maximum Gasteiger partial charge on any atom is 0.242 e. The van der Waals surface area contributed by atoms with Gasteiger partial charge in [-0.3, -0.25) is 4.79 Å². The van der Waals surface area contributed by atoms with Crippen LogP contribution in [0.5, 0.6) is 0 Å². The predicted octanol–water partition coefficient (Wildman–Crippen LogP) is 0.893. The molecule has 6 nitrogen and oxygen atoms in total. The first-order valence-electron chi connectivity index (χ1n) is 5.52. The van der Waals surface area contributed by atoms with Crippen LogP contribution in [0.3, 0.4) is 0 Å². The number of rotatable bonds is 5. The van der Waals surface area contributed by atoms with Crippen LogP contribution in [0.4, 0.5) is 11.6 Å². The van der Waals surface area contributed by atoms with Crippen molar-refractivity contribution < 1.29 is 4.79 Å². The molecule has 0 aliphatic carbocycles. The Labute approximate surface area is 101 Å². The molecular formula is C11H19N5O. The Bertz CT molecular complexity index is 416. The van der Waals surface area contributed by atoms with Crippen molar-refractivity contribution in [3.05, 3.63) is 11.9 Å². The number of carbonyl (C=O) groups is 1. The van der Waals surface area contributed by atoms with E-state index in [-0.39, 0.29) is 0 Å². The molecule has 94 valence electrons. The number of nitrogens with zero attached hydrogens (tertiary/aromatic N) is 2. The smallest absolute Gasteiger partial charge is 0.242 e. The second-order valence-electron chi connectivity index (χ2n) is 4.34.